The van der Waals surface area contributed by atoms with E-state index in [0.29, 0.717) is 30.7 Å². The third-order valence-electron chi connectivity index (χ3n) is 7.20. The number of methoxy groups -OCH3 is 1. The standard InChI is InChI=1S/C28H45NO3/c1-7-13-28(14-8-2,15-9-3)16-11-12-23(31)19-29-18-22-17-25(21(5)30)24(10-4)27(32-6)26(22)20-29/h17H,7-16,18-20H2,1-6H3. The Kier molecular flexibility index (Phi) is 10.4. The van der Waals surface area contributed by atoms with E-state index in [4.69, 9.17) is 4.74 Å². The van der Waals surface area contributed by atoms with Crippen molar-refractivity contribution in [2.75, 3.05) is 13.7 Å². The van der Waals surface area contributed by atoms with Gasteiger partial charge >= 0.3 is 0 Å². The molecule has 4 nitrogen and oxygen atoms in total. The lowest BCUT2D eigenvalue weighted by Crippen LogP contribution is -2.25. The van der Waals surface area contributed by atoms with E-state index >= 15 is 0 Å². The molecule has 0 aromatic heterocycles. The monoisotopic (exact) mass is 443 g/mol. The van der Waals surface area contributed by atoms with Gasteiger partial charge in [0.2, 0.25) is 0 Å². The van der Waals surface area contributed by atoms with Gasteiger partial charge in [0.25, 0.3) is 0 Å². The molecule has 0 amide bonds. The van der Waals surface area contributed by atoms with Crippen LogP contribution in [0.5, 0.6) is 5.75 Å². The Balaban J connectivity index is 2.00. The molecular weight excluding hydrogens is 398 g/mol. The number of hydrogen-bond donors (Lipinski definition) is 0. The van der Waals surface area contributed by atoms with Crippen LogP contribution in [0.25, 0.3) is 0 Å². The Bertz CT molecular complexity index is 766. The van der Waals surface area contributed by atoms with Gasteiger partial charge in [-0.05, 0) is 62.5 Å². The maximum Gasteiger partial charge on any atom is 0.160 e. The van der Waals surface area contributed by atoms with Crippen molar-refractivity contribution in [2.24, 2.45) is 5.41 Å². The lowest BCUT2D eigenvalue weighted by Gasteiger charge is -2.34. The zero-order valence-corrected chi connectivity index (χ0v) is 21.4. The molecular formula is C28H45NO3. The smallest absolute Gasteiger partial charge is 0.160 e. The average Bonchev–Trinajstić information content (AvgIpc) is 3.14. The normalized spacial score (nSPS) is 13.9. The fraction of sp³-hybridized carbons (Fsp3) is 0.714. The number of hydrogen-bond acceptors (Lipinski definition) is 4. The molecule has 0 unspecified atom stereocenters. The number of carbonyl (C=O) groups is 2. The third kappa shape index (κ3) is 6.43. The lowest BCUT2D eigenvalue weighted by atomic mass is 9.72. The molecule has 0 N–H and O–H groups in total. The van der Waals surface area contributed by atoms with Gasteiger partial charge in [-0.25, -0.2) is 0 Å². The molecule has 0 fully saturated rings. The van der Waals surface area contributed by atoms with Gasteiger partial charge in [-0.15, -0.1) is 0 Å². The summed E-state index contributed by atoms with van der Waals surface area (Å²) in [7, 11) is 1.68. The second-order valence-electron chi connectivity index (χ2n) is 9.77. The van der Waals surface area contributed by atoms with Crippen molar-refractivity contribution in [3.63, 3.8) is 0 Å². The zero-order valence-electron chi connectivity index (χ0n) is 21.4. The van der Waals surface area contributed by atoms with E-state index in [1.54, 1.807) is 14.0 Å². The van der Waals surface area contributed by atoms with Gasteiger partial charge in [0.15, 0.2) is 5.78 Å². The number of ether oxygens (including phenoxy) is 1. The molecule has 0 aliphatic carbocycles. The number of nitrogens with zero attached hydrogens (tertiary/aromatic N) is 1. The molecule has 1 aliphatic heterocycles. The Morgan fingerprint density at radius 2 is 1.62 bits per heavy atom. The van der Waals surface area contributed by atoms with Gasteiger partial charge in [-0.1, -0.05) is 47.0 Å². The van der Waals surface area contributed by atoms with Crippen molar-refractivity contribution in [1.82, 2.24) is 4.90 Å². The number of Topliss-reactive ketones (excluding diaryl/α,β-unsaturated/α-hetero) is 2. The Labute approximate surface area is 196 Å². The molecule has 180 valence electrons. The van der Waals surface area contributed by atoms with Crippen LogP contribution < -0.4 is 4.74 Å². The van der Waals surface area contributed by atoms with Crippen molar-refractivity contribution >= 4 is 11.6 Å². The molecule has 1 aromatic rings. The van der Waals surface area contributed by atoms with Gasteiger partial charge in [0, 0.05) is 36.2 Å². The first kappa shape index (κ1) is 26.6. The van der Waals surface area contributed by atoms with Crippen molar-refractivity contribution in [3.05, 3.63) is 28.3 Å². The number of benzene rings is 1. The minimum absolute atomic E-state index is 0.0761. The summed E-state index contributed by atoms with van der Waals surface area (Å²) < 4.78 is 5.73. The second kappa shape index (κ2) is 12.5. The first-order valence-corrected chi connectivity index (χ1v) is 12.8. The van der Waals surface area contributed by atoms with Crippen LogP contribution in [0.15, 0.2) is 6.07 Å². The summed E-state index contributed by atoms with van der Waals surface area (Å²) in [4.78, 5) is 27.2. The number of rotatable bonds is 15. The van der Waals surface area contributed by atoms with Crippen LogP contribution >= 0.6 is 0 Å². The van der Waals surface area contributed by atoms with Crippen LogP contribution in [-0.4, -0.2) is 30.1 Å². The summed E-state index contributed by atoms with van der Waals surface area (Å²) in [5.74, 6) is 1.25. The SMILES string of the molecule is CCCC(CCC)(CCC)CCCC(=O)CN1Cc2cc(C(C)=O)c(CC)c(OC)c2C1. The van der Waals surface area contributed by atoms with Gasteiger partial charge in [0.1, 0.15) is 11.5 Å². The van der Waals surface area contributed by atoms with Gasteiger partial charge in [0.05, 0.1) is 13.7 Å². The molecule has 32 heavy (non-hydrogen) atoms. The van der Waals surface area contributed by atoms with E-state index in [2.05, 4.69) is 32.6 Å². The van der Waals surface area contributed by atoms with E-state index in [0.717, 1.165) is 47.4 Å². The molecule has 1 aliphatic rings. The van der Waals surface area contributed by atoms with Crippen molar-refractivity contribution in [2.45, 2.75) is 112 Å². The highest BCUT2D eigenvalue weighted by molar-refractivity contribution is 5.97. The summed E-state index contributed by atoms with van der Waals surface area (Å²) in [5.41, 5.74) is 4.46. The molecule has 0 saturated heterocycles. The minimum atomic E-state index is 0.0761. The van der Waals surface area contributed by atoms with E-state index in [-0.39, 0.29) is 5.78 Å². The molecule has 0 bridgehead atoms. The summed E-state index contributed by atoms with van der Waals surface area (Å²) in [6, 6.07) is 2.03. The van der Waals surface area contributed by atoms with E-state index < -0.39 is 0 Å². The first-order valence-electron chi connectivity index (χ1n) is 12.8. The summed E-state index contributed by atoms with van der Waals surface area (Å²) in [5, 5.41) is 0. The fourth-order valence-electron chi connectivity index (χ4n) is 5.99. The molecule has 4 heteroatoms. The highest BCUT2D eigenvalue weighted by Crippen LogP contribution is 2.40. The molecule has 0 radical (unpaired) electrons. The fourth-order valence-corrected chi connectivity index (χ4v) is 5.99. The van der Waals surface area contributed by atoms with E-state index in [1.807, 2.05) is 6.07 Å². The highest BCUT2D eigenvalue weighted by atomic mass is 16.5. The molecule has 0 saturated carbocycles. The summed E-state index contributed by atoms with van der Waals surface area (Å²) in [6.45, 7) is 12.4. The predicted octanol–water partition coefficient (Wildman–Crippen LogP) is 6.90. The molecule has 0 spiro atoms. The number of carbonyl (C=O) groups excluding carboxylic acids is 2. The second-order valence-corrected chi connectivity index (χ2v) is 9.77. The molecule has 1 aromatic carbocycles. The topological polar surface area (TPSA) is 46.6 Å². The quantitative estimate of drug-likeness (QED) is 0.277. The van der Waals surface area contributed by atoms with Crippen LogP contribution in [0.3, 0.4) is 0 Å². The van der Waals surface area contributed by atoms with Gasteiger partial charge < -0.3 is 4.74 Å². The number of fused-ring (bicyclic) bond motifs is 1. The first-order chi connectivity index (χ1) is 15.3. The highest BCUT2D eigenvalue weighted by Gasteiger charge is 2.29. The number of ketones is 2. The van der Waals surface area contributed by atoms with E-state index in [9.17, 15) is 9.59 Å². The minimum Gasteiger partial charge on any atom is -0.496 e. The third-order valence-corrected chi connectivity index (χ3v) is 7.20. The van der Waals surface area contributed by atoms with Gasteiger partial charge in [-0.3, -0.25) is 14.5 Å². The van der Waals surface area contributed by atoms with E-state index in [1.165, 1.54) is 44.9 Å². The van der Waals surface area contributed by atoms with Crippen molar-refractivity contribution in [1.29, 1.82) is 0 Å². The predicted molar refractivity (Wildman–Crippen MR) is 133 cm³/mol. The maximum atomic E-state index is 12.8. The van der Waals surface area contributed by atoms with Crippen LogP contribution in [-0.2, 0) is 24.3 Å². The Morgan fingerprint density at radius 1 is 1.00 bits per heavy atom. The Hall–Kier alpha value is -1.68. The molecule has 2 rings (SSSR count). The lowest BCUT2D eigenvalue weighted by molar-refractivity contribution is -0.120. The van der Waals surface area contributed by atoms with Crippen LogP contribution in [0.4, 0.5) is 0 Å². The van der Waals surface area contributed by atoms with Crippen LogP contribution in [0, 0.1) is 5.41 Å². The zero-order chi connectivity index (χ0) is 23.7. The Morgan fingerprint density at radius 3 is 2.12 bits per heavy atom. The average molecular weight is 444 g/mol. The van der Waals surface area contributed by atoms with Gasteiger partial charge in [-0.2, -0.15) is 0 Å². The van der Waals surface area contributed by atoms with Crippen LogP contribution in [0.2, 0.25) is 0 Å². The van der Waals surface area contributed by atoms with Crippen molar-refractivity contribution < 1.29 is 14.3 Å². The summed E-state index contributed by atoms with van der Waals surface area (Å²) in [6.07, 6.45) is 11.1. The maximum absolute atomic E-state index is 12.8. The largest absolute Gasteiger partial charge is 0.496 e. The molecule has 0 atom stereocenters. The molecule has 1 heterocycles. The van der Waals surface area contributed by atoms with Crippen LogP contribution in [0.1, 0.15) is 119 Å². The van der Waals surface area contributed by atoms with Crippen molar-refractivity contribution in [3.8, 4) is 5.75 Å². The summed E-state index contributed by atoms with van der Waals surface area (Å²) >= 11 is 0.